The van der Waals surface area contributed by atoms with E-state index in [4.69, 9.17) is 9.47 Å². The third-order valence-electron chi connectivity index (χ3n) is 5.57. The normalized spacial score (nSPS) is 13.2. The number of ether oxygens (including phenoxy) is 2. The molecule has 0 aliphatic heterocycles. The minimum Gasteiger partial charge on any atom is -0.343 e. The van der Waals surface area contributed by atoms with E-state index in [9.17, 15) is 9.50 Å². The van der Waals surface area contributed by atoms with E-state index in [1.807, 2.05) is 58.0 Å². The van der Waals surface area contributed by atoms with Gasteiger partial charge in [0.25, 0.3) is 5.97 Å². The summed E-state index contributed by atoms with van der Waals surface area (Å²) in [5.74, 6) is -2.27. The fourth-order valence-electron chi connectivity index (χ4n) is 4.13. The first-order valence-corrected chi connectivity index (χ1v) is 12.2. The molecule has 3 nitrogen and oxygen atoms in total. The number of rotatable bonds is 14. The van der Waals surface area contributed by atoms with Crippen molar-refractivity contribution < 1.29 is 19.0 Å². The van der Waals surface area contributed by atoms with Crippen molar-refractivity contribution in [3.8, 4) is 11.1 Å². The van der Waals surface area contributed by atoms with Gasteiger partial charge < -0.3 is 14.6 Å². The van der Waals surface area contributed by atoms with Crippen LogP contribution in [0.3, 0.4) is 0 Å². The Morgan fingerprint density at radius 2 is 1.41 bits per heavy atom. The van der Waals surface area contributed by atoms with Crippen LogP contribution < -0.4 is 0 Å². The van der Waals surface area contributed by atoms with Crippen molar-refractivity contribution in [2.45, 2.75) is 104 Å². The predicted octanol–water partition coefficient (Wildman–Crippen LogP) is 7.82. The second-order valence-electron chi connectivity index (χ2n) is 9.21. The van der Waals surface area contributed by atoms with Crippen LogP contribution in [0.15, 0.2) is 48.5 Å². The molecule has 0 aliphatic carbocycles. The summed E-state index contributed by atoms with van der Waals surface area (Å²) >= 11 is 0. The fraction of sp³-hybridized carbons (Fsp3) is 0.571. The summed E-state index contributed by atoms with van der Waals surface area (Å²) in [7, 11) is 0. The highest BCUT2D eigenvalue weighted by molar-refractivity contribution is 5.63. The van der Waals surface area contributed by atoms with Gasteiger partial charge in [-0.15, -0.1) is 0 Å². The summed E-state index contributed by atoms with van der Waals surface area (Å²) < 4.78 is 25.6. The number of halogens is 1. The molecule has 32 heavy (non-hydrogen) atoms. The summed E-state index contributed by atoms with van der Waals surface area (Å²) in [6.07, 6.45) is 7.46. The van der Waals surface area contributed by atoms with Gasteiger partial charge in [-0.1, -0.05) is 81.8 Å². The summed E-state index contributed by atoms with van der Waals surface area (Å²) in [5, 5.41) is 11.5. The van der Waals surface area contributed by atoms with Crippen molar-refractivity contribution in [1.29, 1.82) is 0 Å². The van der Waals surface area contributed by atoms with Gasteiger partial charge in [0, 0.05) is 0 Å². The molecule has 2 aromatic carbocycles. The zero-order valence-corrected chi connectivity index (χ0v) is 20.4. The average molecular weight is 445 g/mol. The van der Waals surface area contributed by atoms with Gasteiger partial charge in [0.1, 0.15) is 5.82 Å². The van der Waals surface area contributed by atoms with Gasteiger partial charge in [0.05, 0.1) is 18.1 Å². The number of hydrogen-bond donors (Lipinski definition) is 1. The molecular weight excluding hydrogens is 403 g/mol. The van der Waals surface area contributed by atoms with Gasteiger partial charge in [-0.2, -0.15) is 0 Å². The van der Waals surface area contributed by atoms with Crippen molar-refractivity contribution in [1.82, 2.24) is 0 Å². The lowest BCUT2D eigenvalue weighted by Crippen LogP contribution is -2.45. The molecular formula is C28H41FO3. The third-order valence-corrected chi connectivity index (χ3v) is 5.57. The van der Waals surface area contributed by atoms with E-state index in [0.29, 0.717) is 0 Å². The lowest BCUT2D eigenvalue weighted by atomic mass is 9.89. The van der Waals surface area contributed by atoms with Crippen LogP contribution in [-0.2, 0) is 9.47 Å². The highest BCUT2D eigenvalue weighted by atomic mass is 19.1. The van der Waals surface area contributed by atoms with Crippen molar-refractivity contribution in [3.05, 3.63) is 59.9 Å². The zero-order chi connectivity index (χ0) is 23.6. The minimum absolute atomic E-state index is 0.183. The Morgan fingerprint density at radius 1 is 0.812 bits per heavy atom. The Morgan fingerprint density at radius 3 is 1.97 bits per heavy atom. The molecule has 178 valence electrons. The fourth-order valence-corrected chi connectivity index (χ4v) is 4.13. The van der Waals surface area contributed by atoms with Crippen LogP contribution in [-0.4, -0.2) is 23.3 Å². The molecule has 0 fully saturated rings. The van der Waals surface area contributed by atoms with E-state index >= 15 is 0 Å². The molecule has 0 aliphatic rings. The molecule has 4 heteroatoms. The topological polar surface area (TPSA) is 38.7 Å². The predicted molar refractivity (Wildman–Crippen MR) is 130 cm³/mol. The van der Waals surface area contributed by atoms with E-state index in [2.05, 4.69) is 6.92 Å². The lowest BCUT2D eigenvalue weighted by molar-refractivity contribution is -0.393. The molecule has 0 amide bonds. The number of hydrogen-bond acceptors (Lipinski definition) is 3. The van der Waals surface area contributed by atoms with Crippen LogP contribution in [0.4, 0.5) is 4.39 Å². The van der Waals surface area contributed by atoms with Gasteiger partial charge in [-0.25, -0.2) is 4.39 Å². The maximum absolute atomic E-state index is 13.6. The van der Waals surface area contributed by atoms with Crippen LogP contribution in [0.2, 0.25) is 0 Å². The first kappa shape index (κ1) is 26.5. The van der Waals surface area contributed by atoms with Gasteiger partial charge in [0.2, 0.25) is 0 Å². The number of benzene rings is 2. The smallest absolute Gasteiger partial charge is 0.288 e. The first-order valence-electron chi connectivity index (χ1n) is 12.2. The summed E-state index contributed by atoms with van der Waals surface area (Å²) in [5.41, 5.74) is 2.73. The number of aliphatic hydroxyl groups is 1. The molecule has 0 saturated carbocycles. The molecule has 1 N–H and O–H groups in total. The molecule has 1 atom stereocenters. The Hall–Kier alpha value is -1.75. The van der Waals surface area contributed by atoms with Crippen LogP contribution in [0.1, 0.15) is 91.0 Å². The van der Waals surface area contributed by atoms with Crippen molar-refractivity contribution >= 4 is 0 Å². The monoisotopic (exact) mass is 444 g/mol. The van der Waals surface area contributed by atoms with Gasteiger partial charge in [0.15, 0.2) is 0 Å². The Kier molecular flexibility index (Phi) is 10.8. The molecule has 2 rings (SSSR count). The highest BCUT2D eigenvalue weighted by Gasteiger charge is 2.42. The molecule has 0 aromatic heterocycles. The second-order valence-corrected chi connectivity index (χ2v) is 9.21. The van der Waals surface area contributed by atoms with Crippen molar-refractivity contribution in [3.63, 3.8) is 0 Å². The molecule has 0 spiro atoms. The van der Waals surface area contributed by atoms with Crippen LogP contribution in [0.5, 0.6) is 0 Å². The minimum atomic E-state index is -1.70. The SMILES string of the molecule is CCCCCCCCC(c1ccc(-c2cccc(F)c2)cc1)C(O)(OC(C)C)OC(C)C. The van der Waals surface area contributed by atoms with Crippen molar-refractivity contribution in [2.24, 2.45) is 0 Å². The molecule has 0 bridgehead atoms. The summed E-state index contributed by atoms with van der Waals surface area (Å²) in [4.78, 5) is 0. The maximum atomic E-state index is 13.6. The van der Waals surface area contributed by atoms with Crippen LogP contribution >= 0.6 is 0 Å². The average Bonchev–Trinajstić information content (AvgIpc) is 2.72. The van der Waals surface area contributed by atoms with Gasteiger partial charge in [-0.05, 0) is 62.9 Å². The number of unbranched alkanes of at least 4 members (excludes halogenated alkanes) is 5. The zero-order valence-electron chi connectivity index (χ0n) is 20.4. The quantitative estimate of drug-likeness (QED) is 0.238. The van der Waals surface area contributed by atoms with Gasteiger partial charge >= 0.3 is 0 Å². The lowest BCUT2D eigenvalue weighted by Gasteiger charge is -2.38. The standard InChI is InChI=1S/C28H41FO3/c1-6-7-8-9-10-11-15-27(28(30,31-21(2)3)32-22(4)5)24-18-16-23(17-19-24)25-13-12-14-26(29)20-25/h12-14,16-22,27,30H,6-11,15H2,1-5H3. The second kappa shape index (κ2) is 13.1. The third kappa shape index (κ3) is 8.31. The van der Waals surface area contributed by atoms with Crippen LogP contribution in [0.25, 0.3) is 11.1 Å². The maximum Gasteiger partial charge on any atom is 0.288 e. The Bertz CT molecular complexity index is 776. The van der Waals surface area contributed by atoms with Crippen LogP contribution in [0, 0.1) is 5.82 Å². The molecule has 0 saturated heterocycles. The molecule has 1 unspecified atom stereocenters. The van der Waals surface area contributed by atoms with E-state index in [-0.39, 0.29) is 23.9 Å². The largest absolute Gasteiger partial charge is 0.343 e. The van der Waals surface area contributed by atoms with Crippen molar-refractivity contribution in [2.75, 3.05) is 0 Å². The van der Waals surface area contributed by atoms with Gasteiger partial charge in [-0.3, -0.25) is 0 Å². The first-order chi connectivity index (χ1) is 15.2. The van der Waals surface area contributed by atoms with E-state index in [1.165, 1.54) is 37.8 Å². The Balaban J connectivity index is 2.27. The molecule has 0 radical (unpaired) electrons. The molecule has 0 heterocycles. The molecule has 2 aromatic rings. The summed E-state index contributed by atoms with van der Waals surface area (Å²) in [6.45, 7) is 9.84. The van der Waals surface area contributed by atoms with E-state index in [0.717, 1.165) is 36.0 Å². The summed E-state index contributed by atoms with van der Waals surface area (Å²) in [6, 6.07) is 14.5. The van der Waals surface area contributed by atoms with E-state index in [1.54, 1.807) is 6.07 Å². The van der Waals surface area contributed by atoms with E-state index < -0.39 is 5.97 Å². The Labute approximate surface area is 194 Å². The highest BCUT2D eigenvalue weighted by Crippen LogP contribution is 2.38.